The predicted molar refractivity (Wildman–Crippen MR) is 91.1 cm³/mol. The zero-order chi connectivity index (χ0) is 13.8. The standard InChI is InChI=1S/C15H16BrIN2/c1-2-10-3-5-12(19-9-10)8-15(18)13-7-11(16)4-6-14(13)17/h3-7,9,15H,2,8,18H2,1H3. The lowest BCUT2D eigenvalue weighted by Crippen LogP contribution is -2.15. The zero-order valence-electron chi connectivity index (χ0n) is 10.7. The van der Waals surface area contributed by atoms with E-state index >= 15 is 0 Å². The second kappa shape index (κ2) is 6.81. The number of hydrogen-bond donors (Lipinski definition) is 1. The molecule has 0 bridgehead atoms. The molecule has 0 aliphatic carbocycles. The second-order valence-corrected chi connectivity index (χ2v) is 6.57. The Morgan fingerprint density at radius 3 is 2.74 bits per heavy atom. The van der Waals surface area contributed by atoms with Crippen molar-refractivity contribution in [2.24, 2.45) is 5.73 Å². The molecule has 1 aromatic heterocycles. The van der Waals surface area contributed by atoms with Gasteiger partial charge < -0.3 is 5.73 Å². The van der Waals surface area contributed by atoms with Gasteiger partial charge in [-0.3, -0.25) is 4.98 Å². The second-order valence-electron chi connectivity index (χ2n) is 4.49. The van der Waals surface area contributed by atoms with Crippen molar-refractivity contribution in [3.05, 3.63) is 61.4 Å². The number of rotatable bonds is 4. The van der Waals surface area contributed by atoms with Crippen molar-refractivity contribution in [2.75, 3.05) is 0 Å². The number of halogens is 2. The summed E-state index contributed by atoms with van der Waals surface area (Å²) in [4.78, 5) is 4.47. The fraction of sp³-hybridized carbons (Fsp3) is 0.267. The lowest BCUT2D eigenvalue weighted by Gasteiger charge is -2.14. The van der Waals surface area contributed by atoms with Crippen LogP contribution in [0.2, 0.25) is 0 Å². The average molecular weight is 431 g/mol. The first-order valence-corrected chi connectivity index (χ1v) is 8.11. The van der Waals surface area contributed by atoms with E-state index in [1.54, 1.807) is 0 Å². The highest BCUT2D eigenvalue weighted by Gasteiger charge is 2.12. The SMILES string of the molecule is CCc1ccc(CC(N)c2cc(Br)ccc2I)nc1. The Kier molecular flexibility index (Phi) is 5.36. The molecule has 2 aromatic rings. The summed E-state index contributed by atoms with van der Waals surface area (Å²) < 4.78 is 2.26. The van der Waals surface area contributed by atoms with Gasteiger partial charge in [0.2, 0.25) is 0 Å². The van der Waals surface area contributed by atoms with Crippen LogP contribution in [-0.2, 0) is 12.8 Å². The lowest BCUT2D eigenvalue weighted by molar-refractivity contribution is 0.702. The Morgan fingerprint density at radius 1 is 1.32 bits per heavy atom. The summed E-state index contributed by atoms with van der Waals surface area (Å²) in [6, 6.07) is 10.4. The van der Waals surface area contributed by atoms with E-state index in [1.165, 1.54) is 9.13 Å². The van der Waals surface area contributed by atoms with Gasteiger partial charge in [0.25, 0.3) is 0 Å². The van der Waals surface area contributed by atoms with Crippen LogP contribution in [0.5, 0.6) is 0 Å². The van der Waals surface area contributed by atoms with E-state index in [0.717, 1.165) is 28.6 Å². The normalized spacial score (nSPS) is 12.4. The summed E-state index contributed by atoms with van der Waals surface area (Å²) in [5.41, 5.74) is 9.77. The van der Waals surface area contributed by atoms with Gasteiger partial charge in [-0.2, -0.15) is 0 Å². The van der Waals surface area contributed by atoms with Gasteiger partial charge in [0.05, 0.1) is 0 Å². The molecule has 2 rings (SSSR count). The maximum Gasteiger partial charge on any atom is 0.0422 e. The average Bonchev–Trinajstić information content (AvgIpc) is 2.42. The van der Waals surface area contributed by atoms with E-state index in [0.29, 0.717) is 0 Å². The molecule has 0 aliphatic rings. The van der Waals surface area contributed by atoms with Crippen molar-refractivity contribution in [3.63, 3.8) is 0 Å². The van der Waals surface area contributed by atoms with Crippen LogP contribution in [0.15, 0.2) is 41.0 Å². The van der Waals surface area contributed by atoms with Crippen LogP contribution in [-0.4, -0.2) is 4.98 Å². The van der Waals surface area contributed by atoms with Gasteiger partial charge in [-0.05, 0) is 64.4 Å². The molecule has 1 atom stereocenters. The van der Waals surface area contributed by atoms with E-state index < -0.39 is 0 Å². The van der Waals surface area contributed by atoms with Crippen LogP contribution in [0, 0.1) is 3.57 Å². The summed E-state index contributed by atoms with van der Waals surface area (Å²) >= 11 is 5.82. The van der Waals surface area contributed by atoms with Gasteiger partial charge in [-0.25, -0.2) is 0 Å². The fourth-order valence-corrected chi connectivity index (χ4v) is 3.03. The molecule has 4 heteroatoms. The molecule has 2 N–H and O–H groups in total. The molecular formula is C15H16BrIN2. The van der Waals surface area contributed by atoms with Crippen molar-refractivity contribution >= 4 is 38.5 Å². The predicted octanol–water partition coefficient (Wildman–Crippen LogP) is 4.25. The molecule has 100 valence electrons. The third kappa shape index (κ3) is 4.00. The van der Waals surface area contributed by atoms with Crippen LogP contribution >= 0.6 is 38.5 Å². The molecule has 19 heavy (non-hydrogen) atoms. The minimum Gasteiger partial charge on any atom is -0.324 e. The number of nitrogens with zero attached hydrogens (tertiary/aromatic N) is 1. The molecule has 0 amide bonds. The Labute approximate surface area is 136 Å². The Balaban J connectivity index is 2.15. The quantitative estimate of drug-likeness (QED) is 0.736. The summed E-state index contributed by atoms with van der Waals surface area (Å²) in [5, 5.41) is 0. The maximum atomic E-state index is 6.30. The third-order valence-electron chi connectivity index (χ3n) is 3.08. The van der Waals surface area contributed by atoms with Crippen molar-refractivity contribution in [2.45, 2.75) is 25.8 Å². The van der Waals surface area contributed by atoms with Crippen LogP contribution in [0.4, 0.5) is 0 Å². The minimum atomic E-state index is -0.0237. The number of benzene rings is 1. The first-order chi connectivity index (χ1) is 9.10. The monoisotopic (exact) mass is 430 g/mol. The maximum absolute atomic E-state index is 6.30. The molecule has 1 unspecified atom stereocenters. The van der Waals surface area contributed by atoms with Crippen molar-refractivity contribution in [1.29, 1.82) is 0 Å². The van der Waals surface area contributed by atoms with Gasteiger partial charge in [-0.15, -0.1) is 0 Å². The van der Waals surface area contributed by atoms with E-state index in [-0.39, 0.29) is 6.04 Å². The van der Waals surface area contributed by atoms with E-state index in [1.807, 2.05) is 12.3 Å². The molecule has 1 aromatic carbocycles. The lowest BCUT2D eigenvalue weighted by atomic mass is 10.0. The van der Waals surface area contributed by atoms with Crippen molar-refractivity contribution in [3.8, 4) is 0 Å². The van der Waals surface area contributed by atoms with Crippen LogP contribution < -0.4 is 5.73 Å². The smallest absolute Gasteiger partial charge is 0.0422 e. The number of pyridine rings is 1. The largest absolute Gasteiger partial charge is 0.324 e. The Morgan fingerprint density at radius 2 is 2.11 bits per heavy atom. The molecule has 0 spiro atoms. The summed E-state index contributed by atoms with van der Waals surface area (Å²) in [7, 11) is 0. The molecule has 2 nitrogen and oxygen atoms in total. The highest BCUT2D eigenvalue weighted by atomic mass is 127. The van der Waals surface area contributed by atoms with Crippen LogP contribution in [0.25, 0.3) is 0 Å². The minimum absolute atomic E-state index is 0.0237. The van der Waals surface area contributed by atoms with E-state index in [9.17, 15) is 0 Å². The van der Waals surface area contributed by atoms with Gasteiger partial charge in [-0.1, -0.05) is 28.9 Å². The number of nitrogens with two attached hydrogens (primary N) is 1. The van der Waals surface area contributed by atoms with E-state index in [2.05, 4.69) is 74.7 Å². The number of hydrogen-bond acceptors (Lipinski definition) is 2. The number of aromatic nitrogens is 1. The summed E-state index contributed by atoms with van der Waals surface area (Å²) in [6.45, 7) is 2.13. The highest BCUT2D eigenvalue weighted by Crippen LogP contribution is 2.24. The first-order valence-electron chi connectivity index (χ1n) is 6.24. The summed E-state index contributed by atoms with van der Waals surface area (Å²) in [6.07, 6.45) is 3.72. The molecule has 0 fully saturated rings. The topological polar surface area (TPSA) is 38.9 Å². The Hall–Kier alpha value is -0.460. The fourth-order valence-electron chi connectivity index (χ4n) is 1.92. The summed E-state index contributed by atoms with van der Waals surface area (Å²) in [5.74, 6) is 0. The van der Waals surface area contributed by atoms with Gasteiger partial charge in [0.15, 0.2) is 0 Å². The molecular weight excluding hydrogens is 415 g/mol. The van der Waals surface area contributed by atoms with Gasteiger partial charge in [0.1, 0.15) is 0 Å². The Bertz CT molecular complexity index is 555. The molecule has 0 aliphatic heterocycles. The van der Waals surface area contributed by atoms with Crippen LogP contribution in [0.3, 0.4) is 0 Å². The van der Waals surface area contributed by atoms with Crippen molar-refractivity contribution in [1.82, 2.24) is 4.98 Å². The van der Waals surface area contributed by atoms with Gasteiger partial charge >= 0.3 is 0 Å². The molecule has 1 heterocycles. The van der Waals surface area contributed by atoms with Gasteiger partial charge in [0, 0.05) is 32.4 Å². The third-order valence-corrected chi connectivity index (χ3v) is 4.56. The molecule has 0 saturated heterocycles. The number of aryl methyl sites for hydroxylation is 1. The van der Waals surface area contributed by atoms with E-state index in [4.69, 9.17) is 5.73 Å². The zero-order valence-corrected chi connectivity index (χ0v) is 14.5. The first kappa shape index (κ1) is 14.9. The highest BCUT2D eigenvalue weighted by molar-refractivity contribution is 14.1. The molecule has 0 radical (unpaired) electrons. The molecule has 0 saturated carbocycles. The van der Waals surface area contributed by atoms with Crippen LogP contribution in [0.1, 0.15) is 29.8 Å². The van der Waals surface area contributed by atoms with Crippen molar-refractivity contribution < 1.29 is 0 Å².